The van der Waals surface area contributed by atoms with Gasteiger partial charge in [0.15, 0.2) is 5.78 Å². The standard InChI is InChI=1S/C25H22N4O/c26-18-13-7-12-17(14-18)25(30)21-19(15-8-3-1-4-9-15)20(16-10-5-2-6-11-16)22(27)24(29)23(21)28/h1-14H,26-29H2. The van der Waals surface area contributed by atoms with Gasteiger partial charge in [0.25, 0.3) is 0 Å². The van der Waals surface area contributed by atoms with Gasteiger partial charge in [0.05, 0.1) is 22.6 Å². The van der Waals surface area contributed by atoms with Gasteiger partial charge in [-0.1, -0.05) is 72.8 Å². The molecule has 148 valence electrons. The Morgan fingerprint density at radius 1 is 0.567 bits per heavy atom. The largest absolute Gasteiger partial charge is 0.399 e. The lowest BCUT2D eigenvalue weighted by molar-refractivity contribution is 0.104. The first-order valence-electron chi connectivity index (χ1n) is 9.50. The van der Waals surface area contributed by atoms with E-state index < -0.39 is 0 Å². The number of hydrogen-bond donors (Lipinski definition) is 4. The molecular weight excluding hydrogens is 372 g/mol. The molecule has 0 radical (unpaired) electrons. The van der Waals surface area contributed by atoms with Gasteiger partial charge >= 0.3 is 0 Å². The van der Waals surface area contributed by atoms with Crippen molar-refractivity contribution in [2.75, 3.05) is 22.9 Å². The Bertz CT molecular complexity index is 1240. The predicted octanol–water partition coefficient (Wildman–Crippen LogP) is 4.58. The van der Waals surface area contributed by atoms with E-state index in [1.807, 2.05) is 60.7 Å². The van der Waals surface area contributed by atoms with E-state index in [1.165, 1.54) is 0 Å². The van der Waals surface area contributed by atoms with Crippen LogP contribution < -0.4 is 22.9 Å². The molecule has 4 rings (SSSR count). The summed E-state index contributed by atoms with van der Waals surface area (Å²) in [5, 5.41) is 0. The summed E-state index contributed by atoms with van der Waals surface area (Å²) < 4.78 is 0. The third-order valence-corrected chi connectivity index (χ3v) is 5.12. The molecule has 0 aliphatic carbocycles. The molecule has 0 bridgehead atoms. The molecule has 0 aliphatic heterocycles. The fourth-order valence-corrected chi connectivity index (χ4v) is 3.67. The van der Waals surface area contributed by atoms with Gasteiger partial charge in [-0.3, -0.25) is 4.79 Å². The smallest absolute Gasteiger partial charge is 0.195 e. The van der Waals surface area contributed by atoms with Crippen LogP contribution in [0.15, 0.2) is 84.9 Å². The maximum atomic E-state index is 13.6. The minimum Gasteiger partial charge on any atom is -0.399 e. The van der Waals surface area contributed by atoms with E-state index in [0.29, 0.717) is 33.6 Å². The number of benzene rings is 4. The Morgan fingerprint density at radius 3 is 1.70 bits per heavy atom. The fourth-order valence-electron chi connectivity index (χ4n) is 3.67. The minimum absolute atomic E-state index is 0.165. The van der Waals surface area contributed by atoms with Gasteiger partial charge in [-0.25, -0.2) is 0 Å². The van der Waals surface area contributed by atoms with E-state index in [4.69, 9.17) is 22.9 Å². The van der Waals surface area contributed by atoms with Gasteiger partial charge in [0.2, 0.25) is 0 Å². The van der Waals surface area contributed by atoms with Gasteiger partial charge < -0.3 is 22.9 Å². The van der Waals surface area contributed by atoms with Crippen molar-refractivity contribution in [2.45, 2.75) is 0 Å². The zero-order chi connectivity index (χ0) is 21.3. The number of carbonyl (C=O) groups excluding carboxylic acids is 1. The maximum Gasteiger partial charge on any atom is 0.195 e. The van der Waals surface area contributed by atoms with Crippen molar-refractivity contribution in [1.82, 2.24) is 0 Å². The minimum atomic E-state index is -0.262. The molecule has 0 amide bonds. The van der Waals surface area contributed by atoms with E-state index >= 15 is 0 Å². The highest BCUT2D eigenvalue weighted by Crippen LogP contribution is 2.46. The summed E-state index contributed by atoms with van der Waals surface area (Å²) in [7, 11) is 0. The Kier molecular flexibility index (Phi) is 4.86. The van der Waals surface area contributed by atoms with Crippen molar-refractivity contribution < 1.29 is 4.79 Å². The van der Waals surface area contributed by atoms with Crippen molar-refractivity contribution in [3.63, 3.8) is 0 Å². The Balaban J connectivity index is 2.12. The molecule has 5 heteroatoms. The highest BCUT2D eigenvalue weighted by atomic mass is 16.1. The SMILES string of the molecule is Nc1cccc(C(=O)c2c(N)c(N)c(N)c(-c3ccccc3)c2-c2ccccc2)c1. The van der Waals surface area contributed by atoms with Crippen molar-refractivity contribution >= 4 is 28.5 Å². The number of nitrogens with two attached hydrogens (primary N) is 4. The highest BCUT2D eigenvalue weighted by Gasteiger charge is 2.26. The average Bonchev–Trinajstić information content (AvgIpc) is 2.78. The summed E-state index contributed by atoms with van der Waals surface area (Å²) >= 11 is 0. The Labute approximate surface area is 174 Å². The van der Waals surface area contributed by atoms with Crippen LogP contribution in [0.3, 0.4) is 0 Å². The average molecular weight is 394 g/mol. The molecule has 0 atom stereocenters. The second kappa shape index (κ2) is 7.64. The van der Waals surface area contributed by atoms with E-state index in [-0.39, 0.29) is 17.2 Å². The summed E-state index contributed by atoms with van der Waals surface area (Å²) in [6.07, 6.45) is 0. The van der Waals surface area contributed by atoms with E-state index in [1.54, 1.807) is 24.3 Å². The quantitative estimate of drug-likeness (QED) is 0.298. The fraction of sp³-hybridized carbons (Fsp3) is 0. The number of anilines is 4. The second-order valence-corrected chi connectivity index (χ2v) is 7.05. The molecule has 0 saturated heterocycles. The first-order chi connectivity index (χ1) is 14.5. The van der Waals surface area contributed by atoms with Crippen molar-refractivity contribution in [3.05, 3.63) is 96.1 Å². The van der Waals surface area contributed by atoms with E-state index in [9.17, 15) is 4.79 Å². The molecule has 4 aromatic carbocycles. The van der Waals surface area contributed by atoms with Crippen LogP contribution in [0.1, 0.15) is 15.9 Å². The summed E-state index contributed by atoms with van der Waals surface area (Å²) in [6, 6.07) is 26.0. The molecular formula is C25H22N4O. The van der Waals surface area contributed by atoms with Crippen LogP contribution in [0.2, 0.25) is 0 Å². The summed E-state index contributed by atoms with van der Waals surface area (Å²) in [4.78, 5) is 13.6. The Hall–Kier alpha value is -4.25. The molecule has 5 nitrogen and oxygen atoms in total. The lowest BCUT2D eigenvalue weighted by Crippen LogP contribution is -2.13. The van der Waals surface area contributed by atoms with Crippen LogP contribution in [-0.2, 0) is 0 Å². The summed E-state index contributed by atoms with van der Waals surface area (Å²) in [6.45, 7) is 0. The number of ketones is 1. The van der Waals surface area contributed by atoms with Gasteiger partial charge in [0, 0.05) is 22.4 Å². The number of hydrogen-bond acceptors (Lipinski definition) is 5. The van der Waals surface area contributed by atoms with Crippen LogP contribution in [0.4, 0.5) is 22.7 Å². The maximum absolute atomic E-state index is 13.6. The first kappa shape index (κ1) is 19.1. The molecule has 0 saturated carbocycles. The lowest BCUT2D eigenvalue weighted by Gasteiger charge is -2.22. The van der Waals surface area contributed by atoms with Crippen molar-refractivity contribution in [2.24, 2.45) is 0 Å². The molecule has 8 N–H and O–H groups in total. The zero-order valence-electron chi connectivity index (χ0n) is 16.3. The third-order valence-electron chi connectivity index (χ3n) is 5.12. The molecule has 4 aromatic rings. The highest BCUT2D eigenvalue weighted by molar-refractivity contribution is 6.21. The summed E-state index contributed by atoms with van der Waals surface area (Å²) in [5.41, 5.74) is 30.0. The molecule has 0 spiro atoms. The number of rotatable bonds is 4. The number of nitrogen functional groups attached to an aromatic ring is 4. The van der Waals surface area contributed by atoms with E-state index in [2.05, 4.69) is 0 Å². The van der Waals surface area contributed by atoms with Crippen molar-refractivity contribution in [1.29, 1.82) is 0 Å². The first-order valence-corrected chi connectivity index (χ1v) is 9.50. The van der Waals surface area contributed by atoms with E-state index in [0.717, 1.165) is 11.1 Å². The lowest BCUT2D eigenvalue weighted by atomic mass is 9.84. The monoisotopic (exact) mass is 394 g/mol. The van der Waals surface area contributed by atoms with Crippen LogP contribution in [0, 0.1) is 0 Å². The van der Waals surface area contributed by atoms with Crippen LogP contribution in [0.5, 0.6) is 0 Å². The molecule has 30 heavy (non-hydrogen) atoms. The third kappa shape index (κ3) is 3.22. The predicted molar refractivity (Wildman–Crippen MR) is 125 cm³/mol. The zero-order valence-corrected chi connectivity index (χ0v) is 16.3. The van der Waals surface area contributed by atoms with Gasteiger partial charge in [-0.15, -0.1) is 0 Å². The normalized spacial score (nSPS) is 10.7. The molecule has 0 aliphatic rings. The second-order valence-electron chi connectivity index (χ2n) is 7.05. The van der Waals surface area contributed by atoms with Gasteiger partial charge in [0.1, 0.15) is 0 Å². The van der Waals surface area contributed by atoms with Crippen molar-refractivity contribution in [3.8, 4) is 22.3 Å². The van der Waals surface area contributed by atoms with Crippen LogP contribution in [0.25, 0.3) is 22.3 Å². The molecule has 0 heterocycles. The van der Waals surface area contributed by atoms with Gasteiger partial charge in [-0.2, -0.15) is 0 Å². The molecule has 0 unspecified atom stereocenters. The van der Waals surface area contributed by atoms with Crippen LogP contribution in [-0.4, -0.2) is 5.78 Å². The Morgan fingerprint density at radius 2 is 1.13 bits per heavy atom. The number of carbonyl (C=O) groups is 1. The van der Waals surface area contributed by atoms with Gasteiger partial charge in [-0.05, 0) is 23.3 Å². The van der Waals surface area contributed by atoms with Crippen LogP contribution >= 0.6 is 0 Å². The molecule has 0 fully saturated rings. The topological polar surface area (TPSA) is 121 Å². The molecule has 0 aromatic heterocycles. The summed E-state index contributed by atoms with van der Waals surface area (Å²) in [5.74, 6) is -0.262.